The lowest BCUT2D eigenvalue weighted by molar-refractivity contribution is 0.250. The van der Waals surface area contributed by atoms with Crippen LogP contribution in [0, 0.1) is 11.3 Å². The second-order valence-electron chi connectivity index (χ2n) is 6.31. The van der Waals surface area contributed by atoms with Crippen molar-refractivity contribution in [3.8, 4) is 0 Å². The van der Waals surface area contributed by atoms with Gasteiger partial charge in [0, 0.05) is 12.6 Å². The van der Waals surface area contributed by atoms with Gasteiger partial charge in [-0.1, -0.05) is 47.0 Å². The second kappa shape index (κ2) is 6.58. The third kappa shape index (κ3) is 5.24. The number of hydrogen-bond donors (Lipinski definition) is 2. The normalized spacial score (nSPS) is 18.2. The van der Waals surface area contributed by atoms with Crippen molar-refractivity contribution in [3.63, 3.8) is 0 Å². The average molecular weight is 256 g/mol. The van der Waals surface area contributed by atoms with Crippen LogP contribution in [0.2, 0.25) is 0 Å². The molecule has 1 aliphatic rings. The van der Waals surface area contributed by atoms with Gasteiger partial charge in [-0.25, -0.2) is 0 Å². The van der Waals surface area contributed by atoms with Gasteiger partial charge >= 0.3 is 0 Å². The van der Waals surface area contributed by atoms with Gasteiger partial charge < -0.3 is 10.6 Å². The third-order valence-electron chi connectivity index (χ3n) is 4.21. The molecule has 0 heterocycles. The van der Waals surface area contributed by atoms with Crippen LogP contribution < -0.4 is 10.6 Å². The number of hydrogen-bond acceptors (Lipinski definition) is 1. The Bertz CT molecular complexity index is 243. The van der Waals surface area contributed by atoms with E-state index in [4.69, 9.17) is 12.2 Å². The topological polar surface area (TPSA) is 24.1 Å². The number of rotatable bonds is 4. The van der Waals surface area contributed by atoms with E-state index in [2.05, 4.69) is 38.3 Å². The van der Waals surface area contributed by atoms with Crippen LogP contribution >= 0.6 is 12.2 Å². The number of thiocarbonyl (C=S) groups is 1. The second-order valence-corrected chi connectivity index (χ2v) is 6.71. The number of nitrogens with one attached hydrogen (secondary N) is 2. The third-order valence-corrected chi connectivity index (χ3v) is 4.47. The van der Waals surface area contributed by atoms with Gasteiger partial charge in [0.05, 0.1) is 0 Å². The quantitative estimate of drug-likeness (QED) is 0.753. The average Bonchev–Trinajstić information content (AvgIpc) is 2.28. The Hall–Kier alpha value is -0.310. The molecule has 0 spiro atoms. The zero-order valence-electron chi connectivity index (χ0n) is 11.8. The molecule has 0 atom stereocenters. The highest BCUT2D eigenvalue weighted by Gasteiger charge is 2.22. The molecule has 1 fully saturated rings. The van der Waals surface area contributed by atoms with Crippen molar-refractivity contribution in [1.82, 2.24) is 10.6 Å². The first-order chi connectivity index (χ1) is 7.92. The molecule has 0 aromatic carbocycles. The van der Waals surface area contributed by atoms with E-state index >= 15 is 0 Å². The van der Waals surface area contributed by atoms with E-state index in [-0.39, 0.29) is 5.41 Å². The molecular formula is C14H28N2S. The van der Waals surface area contributed by atoms with E-state index in [1.807, 2.05) is 0 Å². The molecule has 0 aromatic rings. The van der Waals surface area contributed by atoms with Gasteiger partial charge in [0.1, 0.15) is 0 Å². The summed E-state index contributed by atoms with van der Waals surface area (Å²) < 4.78 is 0. The van der Waals surface area contributed by atoms with Crippen LogP contribution in [-0.2, 0) is 0 Å². The molecule has 0 aromatic heterocycles. The lowest BCUT2D eigenvalue weighted by Gasteiger charge is -2.31. The summed E-state index contributed by atoms with van der Waals surface area (Å²) in [4.78, 5) is 0. The van der Waals surface area contributed by atoms with Crippen molar-refractivity contribution >= 4 is 17.3 Å². The van der Waals surface area contributed by atoms with Gasteiger partial charge in [-0.3, -0.25) is 0 Å². The molecule has 1 saturated carbocycles. The van der Waals surface area contributed by atoms with E-state index in [1.165, 1.54) is 32.1 Å². The predicted molar refractivity (Wildman–Crippen MR) is 79.2 cm³/mol. The zero-order valence-corrected chi connectivity index (χ0v) is 12.6. The van der Waals surface area contributed by atoms with Crippen LogP contribution in [-0.4, -0.2) is 17.7 Å². The van der Waals surface area contributed by atoms with Crippen molar-refractivity contribution < 1.29 is 0 Å². The first-order valence-electron chi connectivity index (χ1n) is 6.96. The predicted octanol–water partition coefficient (Wildman–Crippen LogP) is 3.47. The van der Waals surface area contributed by atoms with Crippen LogP contribution in [0.4, 0.5) is 0 Å². The highest BCUT2D eigenvalue weighted by molar-refractivity contribution is 7.80. The Balaban J connectivity index is 2.25. The summed E-state index contributed by atoms with van der Waals surface area (Å²) in [7, 11) is 0. The molecule has 100 valence electrons. The highest BCUT2D eigenvalue weighted by Crippen LogP contribution is 2.24. The summed E-state index contributed by atoms with van der Waals surface area (Å²) in [6.45, 7) is 10.0. The van der Waals surface area contributed by atoms with E-state index in [0.717, 1.165) is 11.7 Å². The van der Waals surface area contributed by atoms with Gasteiger partial charge in [0.25, 0.3) is 0 Å². The van der Waals surface area contributed by atoms with Crippen molar-refractivity contribution in [3.05, 3.63) is 0 Å². The monoisotopic (exact) mass is 256 g/mol. The summed E-state index contributed by atoms with van der Waals surface area (Å²) in [5, 5.41) is 7.66. The minimum Gasteiger partial charge on any atom is -0.362 e. The Morgan fingerprint density at radius 1 is 1.24 bits per heavy atom. The molecule has 3 heteroatoms. The largest absolute Gasteiger partial charge is 0.362 e. The van der Waals surface area contributed by atoms with Crippen LogP contribution in [0.3, 0.4) is 0 Å². The summed E-state index contributed by atoms with van der Waals surface area (Å²) in [5.74, 6) is 0.660. The fraction of sp³-hybridized carbons (Fsp3) is 0.929. The van der Waals surface area contributed by atoms with E-state index in [1.54, 1.807) is 0 Å². The van der Waals surface area contributed by atoms with Crippen LogP contribution in [0.25, 0.3) is 0 Å². The Labute approximate surface area is 112 Å². The SMILES string of the molecule is CC(C)C(C)(C)CNC(=S)NC1CCCCC1. The van der Waals surface area contributed by atoms with Gasteiger partial charge in [-0.15, -0.1) is 0 Å². The van der Waals surface area contributed by atoms with Gasteiger partial charge in [0.15, 0.2) is 5.11 Å². The lowest BCUT2D eigenvalue weighted by atomic mass is 9.81. The smallest absolute Gasteiger partial charge is 0.166 e. The molecule has 0 amide bonds. The van der Waals surface area contributed by atoms with Gasteiger partial charge in [0.2, 0.25) is 0 Å². The molecule has 17 heavy (non-hydrogen) atoms. The van der Waals surface area contributed by atoms with Crippen molar-refractivity contribution in [2.45, 2.75) is 65.8 Å². The Morgan fingerprint density at radius 2 is 1.82 bits per heavy atom. The fourth-order valence-electron chi connectivity index (χ4n) is 2.00. The first kappa shape index (κ1) is 14.7. The highest BCUT2D eigenvalue weighted by atomic mass is 32.1. The maximum atomic E-state index is 5.37. The van der Waals surface area contributed by atoms with Gasteiger partial charge in [-0.05, 0) is 36.4 Å². The standard InChI is InChI=1S/C14H28N2S/c1-11(2)14(3,4)10-15-13(17)16-12-8-6-5-7-9-12/h11-12H,5-10H2,1-4H3,(H2,15,16,17). The Morgan fingerprint density at radius 3 is 2.35 bits per heavy atom. The zero-order chi connectivity index (χ0) is 12.9. The van der Waals surface area contributed by atoms with Crippen LogP contribution in [0.5, 0.6) is 0 Å². The maximum absolute atomic E-state index is 5.37. The summed E-state index contributed by atoms with van der Waals surface area (Å²) in [6.07, 6.45) is 6.62. The minimum atomic E-state index is 0.290. The summed E-state index contributed by atoms with van der Waals surface area (Å²) in [5.41, 5.74) is 0.290. The van der Waals surface area contributed by atoms with Crippen molar-refractivity contribution in [1.29, 1.82) is 0 Å². The van der Waals surface area contributed by atoms with Gasteiger partial charge in [-0.2, -0.15) is 0 Å². The molecule has 1 rings (SSSR count). The molecule has 0 unspecified atom stereocenters. The molecule has 2 nitrogen and oxygen atoms in total. The minimum absolute atomic E-state index is 0.290. The summed E-state index contributed by atoms with van der Waals surface area (Å²) >= 11 is 5.37. The van der Waals surface area contributed by atoms with Crippen molar-refractivity contribution in [2.24, 2.45) is 11.3 Å². The Kier molecular flexibility index (Phi) is 5.71. The molecule has 0 radical (unpaired) electrons. The molecule has 2 N–H and O–H groups in total. The lowest BCUT2D eigenvalue weighted by Crippen LogP contribution is -2.46. The fourth-order valence-corrected chi connectivity index (χ4v) is 2.23. The van der Waals surface area contributed by atoms with Crippen LogP contribution in [0.15, 0.2) is 0 Å². The molecule has 0 saturated heterocycles. The molecule has 0 aliphatic heterocycles. The maximum Gasteiger partial charge on any atom is 0.166 e. The molecular weight excluding hydrogens is 228 g/mol. The first-order valence-corrected chi connectivity index (χ1v) is 7.37. The van der Waals surface area contributed by atoms with Crippen molar-refractivity contribution in [2.75, 3.05) is 6.54 Å². The van der Waals surface area contributed by atoms with Crippen LogP contribution in [0.1, 0.15) is 59.8 Å². The van der Waals surface area contributed by atoms with E-state index in [0.29, 0.717) is 12.0 Å². The van der Waals surface area contributed by atoms with E-state index in [9.17, 15) is 0 Å². The molecule has 0 bridgehead atoms. The molecule has 1 aliphatic carbocycles. The van der Waals surface area contributed by atoms with E-state index < -0.39 is 0 Å². The summed E-state index contributed by atoms with van der Waals surface area (Å²) in [6, 6.07) is 0.603.